The van der Waals surface area contributed by atoms with Gasteiger partial charge >= 0.3 is 15.3 Å². The zero-order chi connectivity index (χ0) is 7.15. The highest BCUT2D eigenvalue weighted by molar-refractivity contribution is 6.22. The van der Waals surface area contributed by atoms with E-state index in [1.165, 1.54) is 0 Å². The van der Waals surface area contributed by atoms with Gasteiger partial charge in [0.25, 0.3) is 0 Å². The van der Waals surface area contributed by atoms with Crippen molar-refractivity contribution < 1.29 is 34.5 Å². The summed E-state index contributed by atoms with van der Waals surface area (Å²) >= 11 is 0. The third-order valence-electron chi connectivity index (χ3n) is 0. The molecule has 8 heteroatoms. The Morgan fingerprint density at radius 2 is 1.22 bits per heavy atom. The lowest BCUT2D eigenvalue weighted by Gasteiger charge is -1.60. The van der Waals surface area contributed by atoms with Gasteiger partial charge in [-0.1, -0.05) is 0 Å². The molecule has 0 fully saturated rings. The molecule has 7 nitrogen and oxygen atoms in total. The van der Waals surface area contributed by atoms with Crippen LogP contribution in [0.15, 0.2) is 0 Å². The van der Waals surface area contributed by atoms with Gasteiger partial charge in [0, 0.05) is 0 Å². The molecule has 0 aromatic rings. The molecule has 0 aromatic carbocycles. The van der Waals surface area contributed by atoms with Crippen molar-refractivity contribution in [3.8, 4) is 0 Å². The third-order valence-corrected chi connectivity index (χ3v) is 0. The second-order valence-electron chi connectivity index (χ2n) is 0.565. The van der Waals surface area contributed by atoms with Crippen LogP contribution < -0.4 is 0 Å². The summed E-state index contributed by atoms with van der Waals surface area (Å²) in [6, 6.07) is 0. The lowest BCUT2D eigenvalue weighted by atomic mass is 11.5. The molecule has 0 heterocycles. The zero-order valence-electron chi connectivity index (χ0n) is 4.11. The van der Waals surface area contributed by atoms with E-state index in [-0.39, 0.29) is 5.48 Å². The molecule has 56 valence electrons. The van der Waals surface area contributed by atoms with Crippen LogP contribution in [0.5, 0.6) is 0 Å². The molecule has 0 rings (SSSR count). The first-order chi connectivity index (χ1) is 3.46. The van der Waals surface area contributed by atoms with Gasteiger partial charge in [-0.05, 0) is 0 Å². The average molecular weight is 158 g/mol. The molecule has 0 atom stereocenters. The van der Waals surface area contributed by atoms with E-state index in [9.17, 15) is 0 Å². The second kappa shape index (κ2) is 9.96. The highest BCUT2D eigenvalue weighted by Gasteiger charge is 1.85. The van der Waals surface area contributed by atoms with Crippen LogP contribution in [-0.4, -0.2) is 40.6 Å². The Hall–Kier alpha value is -1.15. The van der Waals surface area contributed by atoms with E-state index >= 15 is 0 Å². The predicted molar refractivity (Wildman–Crippen MR) is 25.1 cm³/mol. The maximum Gasteiger partial charge on any atom is 0.761 e. The molecule has 0 aliphatic rings. The monoisotopic (exact) mass is 158 g/mol. The van der Waals surface area contributed by atoms with Crippen molar-refractivity contribution >= 4 is 15.3 Å². The first-order valence-corrected chi connectivity index (χ1v) is 2.61. The first-order valence-electron chi connectivity index (χ1n) is 1.30. The molecule has 0 bridgehead atoms. The van der Waals surface area contributed by atoms with Gasteiger partial charge < -0.3 is 25.3 Å². The summed E-state index contributed by atoms with van der Waals surface area (Å²) < 4.78 is 8.74. The maximum atomic E-state index is 8.74. The fraction of sp³-hybridized carbons (Fsp3) is 0. The topological polar surface area (TPSA) is 147 Å². The quantitative estimate of drug-likeness (QED) is 0.294. The number of carbonyl (C=O) groups is 1. The summed E-state index contributed by atoms with van der Waals surface area (Å²) in [6.45, 7) is 0. The molecule has 0 saturated heterocycles. The smallest absolute Gasteiger partial charge is 0.511 e. The van der Waals surface area contributed by atoms with E-state index in [1.807, 2.05) is 0 Å². The molecule has 0 aliphatic heterocycles. The summed E-state index contributed by atoms with van der Waals surface area (Å²) in [6.07, 6.45) is -1.83. The van der Waals surface area contributed by atoms with Gasteiger partial charge in [0.05, 0.1) is 0 Å². The summed E-state index contributed by atoms with van der Waals surface area (Å²) in [5.74, 6) is 0. The summed E-state index contributed by atoms with van der Waals surface area (Å²) in [5.41, 5.74) is 0. The summed E-state index contributed by atoms with van der Waals surface area (Å²) in [7, 11) is -3.13. The van der Waals surface area contributed by atoms with E-state index in [0.717, 1.165) is 0 Å². The molecule has 0 aromatic heterocycles. The van der Waals surface area contributed by atoms with Crippen LogP contribution in [0.2, 0.25) is 0 Å². The van der Waals surface area contributed by atoms with Crippen LogP contribution in [0.25, 0.3) is 0 Å². The fourth-order valence-corrected chi connectivity index (χ4v) is 0. The van der Waals surface area contributed by atoms with Gasteiger partial charge in [-0.25, -0.2) is 4.79 Å². The minimum atomic E-state index is -3.13. The van der Waals surface area contributed by atoms with Crippen LogP contribution in [0.1, 0.15) is 0 Å². The molecule has 0 spiro atoms. The maximum absolute atomic E-state index is 8.74. The van der Waals surface area contributed by atoms with Gasteiger partial charge in [0.2, 0.25) is 0 Å². The van der Waals surface area contributed by atoms with Crippen LogP contribution >= 0.6 is 0 Å². The predicted octanol–water partition coefficient (Wildman–Crippen LogP) is -2.22. The first kappa shape index (κ1) is 15.7. The van der Waals surface area contributed by atoms with Gasteiger partial charge in [-0.2, -0.15) is 0 Å². The molecule has 0 aliphatic carbocycles. The second-order valence-corrected chi connectivity index (χ2v) is 1.13. The average Bonchev–Trinajstić information content (AvgIpc) is 1.25. The van der Waals surface area contributed by atoms with Crippen molar-refractivity contribution in [1.29, 1.82) is 0 Å². The Kier molecular flexibility index (Phi) is 17.3. The van der Waals surface area contributed by atoms with Crippen molar-refractivity contribution in [2.45, 2.75) is 0 Å². The summed E-state index contributed by atoms with van der Waals surface area (Å²) in [5, 5.41) is 13.9. The van der Waals surface area contributed by atoms with Gasteiger partial charge in [-0.15, -0.1) is 0 Å². The van der Waals surface area contributed by atoms with Crippen LogP contribution in [0.4, 0.5) is 4.79 Å². The van der Waals surface area contributed by atoms with E-state index in [0.29, 0.717) is 0 Å². The van der Waals surface area contributed by atoms with Crippen LogP contribution in [-0.2, 0) is 4.46 Å². The molecule has 0 amide bonds. The molecular formula is CH6O7Si. The minimum Gasteiger partial charge on any atom is -0.511 e. The molecule has 9 heavy (non-hydrogen) atoms. The number of hydrogen-bond acceptors (Lipinski definition) is 2. The SMILES string of the molecule is O.O=C(O)O.O=[Si](O)O. The van der Waals surface area contributed by atoms with E-state index in [1.54, 1.807) is 0 Å². The highest BCUT2D eigenvalue weighted by Crippen LogP contribution is 1.42. The number of hydrogen-bond donors (Lipinski definition) is 4. The Balaban J connectivity index is -0.0000000720. The van der Waals surface area contributed by atoms with Gasteiger partial charge in [0.15, 0.2) is 0 Å². The van der Waals surface area contributed by atoms with Gasteiger partial charge in [-0.3, -0.25) is 4.46 Å². The van der Waals surface area contributed by atoms with Crippen molar-refractivity contribution in [3.05, 3.63) is 0 Å². The van der Waals surface area contributed by atoms with Crippen molar-refractivity contribution in [3.63, 3.8) is 0 Å². The molecule has 0 saturated carbocycles. The largest absolute Gasteiger partial charge is 0.761 e. The third kappa shape index (κ3) is 121. The van der Waals surface area contributed by atoms with Crippen molar-refractivity contribution in [1.82, 2.24) is 0 Å². The van der Waals surface area contributed by atoms with Crippen LogP contribution in [0, 0.1) is 0 Å². The van der Waals surface area contributed by atoms with Crippen LogP contribution in [0.3, 0.4) is 0 Å². The number of rotatable bonds is 0. The Labute approximate surface area is 51.0 Å². The normalized spacial score (nSPS) is 5.33. The molecule has 6 N–H and O–H groups in total. The molecule has 0 unspecified atom stereocenters. The lowest BCUT2D eigenvalue weighted by molar-refractivity contribution is 0.137. The van der Waals surface area contributed by atoms with E-state index in [4.69, 9.17) is 29.1 Å². The Bertz CT molecular complexity index is 66.9. The Morgan fingerprint density at radius 3 is 1.22 bits per heavy atom. The number of carboxylic acid groups (broad SMARTS) is 2. The van der Waals surface area contributed by atoms with E-state index in [2.05, 4.69) is 0 Å². The standard InChI is InChI=1S/CH2O3.H2O3Si.H2O/c2-1(3)4;1-4(2)3;/h(H2,2,3,4);1-2H;1H2. The zero-order valence-corrected chi connectivity index (χ0v) is 5.11. The van der Waals surface area contributed by atoms with E-state index < -0.39 is 15.3 Å². The van der Waals surface area contributed by atoms with Crippen molar-refractivity contribution in [2.75, 3.05) is 0 Å². The molecule has 0 radical (unpaired) electrons. The fourth-order valence-electron chi connectivity index (χ4n) is 0. The minimum absolute atomic E-state index is 0. The highest BCUT2D eigenvalue weighted by atomic mass is 28.3. The lowest BCUT2D eigenvalue weighted by Crippen LogP contribution is -1.90. The summed E-state index contributed by atoms with van der Waals surface area (Å²) in [4.78, 5) is 22.9. The van der Waals surface area contributed by atoms with Gasteiger partial charge in [0.1, 0.15) is 0 Å². The molecular weight excluding hydrogens is 152 g/mol. The van der Waals surface area contributed by atoms with Crippen molar-refractivity contribution in [2.24, 2.45) is 0 Å². The Morgan fingerprint density at radius 1 is 1.22 bits per heavy atom.